The van der Waals surface area contributed by atoms with Gasteiger partial charge in [-0.25, -0.2) is 18.1 Å². The molecule has 2 amide bonds. The first-order chi connectivity index (χ1) is 9.28. The Hall–Kier alpha value is -2.48. The summed E-state index contributed by atoms with van der Waals surface area (Å²) in [6.45, 7) is 0. The summed E-state index contributed by atoms with van der Waals surface area (Å²) in [4.78, 5) is 27.2. The topological polar surface area (TPSA) is 119 Å². The van der Waals surface area contributed by atoms with E-state index < -0.39 is 21.8 Å². The van der Waals surface area contributed by atoms with Gasteiger partial charge in [-0.2, -0.15) is 0 Å². The van der Waals surface area contributed by atoms with Gasteiger partial charge in [0.05, 0.1) is 17.3 Å². The molecule has 2 rings (SSSR count). The van der Waals surface area contributed by atoms with Gasteiger partial charge in [-0.05, 0) is 12.1 Å². The third kappa shape index (κ3) is 2.91. The van der Waals surface area contributed by atoms with Crippen LogP contribution >= 0.6 is 0 Å². The van der Waals surface area contributed by atoms with Crippen molar-refractivity contribution in [1.82, 2.24) is 9.71 Å². The Morgan fingerprint density at radius 3 is 2.50 bits per heavy atom. The number of benzene rings is 1. The second-order valence-electron chi connectivity index (χ2n) is 4.14. The summed E-state index contributed by atoms with van der Waals surface area (Å²) in [5.74, 6) is -1.64. The van der Waals surface area contributed by atoms with Crippen LogP contribution in [0.2, 0.25) is 0 Å². The Balaban J connectivity index is 2.61. The van der Waals surface area contributed by atoms with Gasteiger partial charge in [-0.3, -0.25) is 9.59 Å². The van der Waals surface area contributed by atoms with Crippen LogP contribution in [-0.2, 0) is 10.0 Å². The van der Waals surface area contributed by atoms with Crippen molar-refractivity contribution in [2.45, 2.75) is 0 Å². The average Bonchev–Trinajstić information content (AvgIpc) is 2.35. The molecule has 0 aliphatic carbocycles. The lowest BCUT2D eigenvalue weighted by Crippen LogP contribution is -2.30. The van der Waals surface area contributed by atoms with Crippen molar-refractivity contribution in [2.24, 2.45) is 5.73 Å². The number of fused-ring (bicyclic) bond motifs is 1. The molecule has 1 aromatic carbocycles. The Morgan fingerprint density at radius 2 is 1.90 bits per heavy atom. The Kier molecular flexibility index (Phi) is 3.41. The van der Waals surface area contributed by atoms with Gasteiger partial charge in [0.1, 0.15) is 5.69 Å². The van der Waals surface area contributed by atoms with E-state index in [1.807, 2.05) is 0 Å². The summed E-state index contributed by atoms with van der Waals surface area (Å²) >= 11 is 0. The minimum Gasteiger partial charge on any atom is -0.366 e. The molecule has 0 radical (unpaired) electrons. The Morgan fingerprint density at radius 1 is 1.25 bits per heavy atom. The molecule has 1 heterocycles. The Labute approximate surface area is 114 Å². The van der Waals surface area contributed by atoms with E-state index in [2.05, 4.69) is 4.98 Å². The quantitative estimate of drug-likeness (QED) is 0.827. The number of aromatic nitrogens is 1. The van der Waals surface area contributed by atoms with Crippen molar-refractivity contribution < 1.29 is 18.0 Å². The van der Waals surface area contributed by atoms with Crippen molar-refractivity contribution in [3.8, 4) is 0 Å². The molecule has 0 atom stereocenters. The maximum absolute atomic E-state index is 11.8. The number of amides is 2. The van der Waals surface area contributed by atoms with Gasteiger partial charge < -0.3 is 5.73 Å². The van der Waals surface area contributed by atoms with Crippen molar-refractivity contribution in [3.05, 3.63) is 41.6 Å². The maximum Gasteiger partial charge on any atom is 0.283 e. The molecule has 0 saturated heterocycles. The van der Waals surface area contributed by atoms with E-state index in [0.29, 0.717) is 10.9 Å². The molecule has 2 aromatic rings. The molecule has 0 unspecified atom stereocenters. The molecule has 0 aliphatic heterocycles. The highest BCUT2D eigenvalue weighted by Gasteiger charge is 2.17. The smallest absolute Gasteiger partial charge is 0.283 e. The molecular formula is C12H11N3O4S. The first-order valence-corrected chi connectivity index (χ1v) is 7.39. The number of pyridine rings is 1. The van der Waals surface area contributed by atoms with E-state index in [1.54, 1.807) is 29.0 Å². The monoisotopic (exact) mass is 293 g/mol. The third-order valence-electron chi connectivity index (χ3n) is 2.49. The molecule has 8 heteroatoms. The predicted octanol–water partition coefficient (Wildman–Crippen LogP) is 0.0231. The van der Waals surface area contributed by atoms with Crippen LogP contribution in [0.15, 0.2) is 30.3 Å². The standard InChI is InChI=1S/C12H11N3O4S/c1-20(18,19)15-12(17)10-6-8(11(13)16)7-4-2-3-5-9(7)14-10/h2-6H,1H3,(H2,13,16)(H,15,17). The minimum atomic E-state index is -3.71. The normalized spacial score (nSPS) is 11.2. The predicted molar refractivity (Wildman–Crippen MR) is 72.6 cm³/mol. The zero-order valence-electron chi connectivity index (χ0n) is 10.5. The van der Waals surface area contributed by atoms with Gasteiger partial charge in [0.25, 0.3) is 5.91 Å². The van der Waals surface area contributed by atoms with Gasteiger partial charge >= 0.3 is 0 Å². The molecule has 3 N–H and O–H groups in total. The fourth-order valence-corrected chi connectivity index (χ4v) is 2.16. The van der Waals surface area contributed by atoms with Gasteiger partial charge in [-0.15, -0.1) is 0 Å². The van der Waals surface area contributed by atoms with Crippen LogP contribution in [0, 0.1) is 0 Å². The highest BCUT2D eigenvalue weighted by Crippen LogP contribution is 2.18. The summed E-state index contributed by atoms with van der Waals surface area (Å²) in [5, 5.41) is 0.496. The first-order valence-electron chi connectivity index (χ1n) is 5.49. The molecule has 0 spiro atoms. The molecule has 0 aliphatic rings. The van der Waals surface area contributed by atoms with Crippen LogP contribution in [0.25, 0.3) is 10.9 Å². The van der Waals surface area contributed by atoms with E-state index >= 15 is 0 Å². The van der Waals surface area contributed by atoms with E-state index in [0.717, 1.165) is 6.26 Å². The van der Waals surface area contributed by atoms with E-state index in [9.17, 15) is 18.0 Å². The van der Waals surface area contributed by atoms with E-state index in [-0.39, 0.29) is 11.3 Å². The number of rotatable bonds is 3. The van der Waals surface area contributed by atoms with E-state index in [1.165, 1.54) is 6.07 Å². The van der Waals surface area contributed by atoms with Crippen LogP contribution < -0.4 is 10.5 Å². The van der Waals surface area contributed by atoms with Crippen LogP contribution in [-0.4, -0.2) is 31.5 Å². The number of primary amides is 1. The number of para-hydroxylation sites is 1. The van der Waals surface area contributed by atoms with Gasteiger partial charge in [-0.1, -0.05) is 18.2 Å². The number of hydrogen-bond acceptors (Lipinski definition) is 5. The van der Waals surface area contributed by atoms with Crippen molar-refractivity contribution >= 4 is 32.7 Å². The second-order valence-corrected chi connectivity index (χ2v) is 5.89. The SMILES string of the molecule is CS(=O)(=O)NC(=O)c1cc(C(N)=O)c2ccccc2n1. The minimum absolute atomic E-state index is 0.106. The highest BCUT2D eigenvalue weighted by molar-refractivity contribution is 7.89. The molecule has 0 saturated carbocycles. The lowest BCUT2D eigenvalue weighted by atomic mass is 10.1. The van der Waals surface area contributed by atoms with Crippen molar-refractivity contribution in [3.63, 3.8) is 0 Å². The number of carbonyl (C=O) groups is 2. The molecule has 7 nitrogen and oxygen atoms in total. The van der Waals surface area contributed by atoms with Gasteiger partial charge in [0.2, 0.25) is 15.9 Å². The van der Waals surface area contributed by atoms with Gasteiger partial charge in [0.15, 0.2) is 0 Å². The van der Waals surface area contributed by atoms with Crippen LogP contribution in [0.1, 0.15) is 20.8 Å². The summed E-state index contributed by atoms with van der Waals surface area (Å²) in [6.07, 6.45) is 0.848. The zero-order valence-corrected chi connectivity index (χ0v) is 11.3. The molecule has 104 valence electrons. The average molecular weight is 293 g/mol. The molecule has 0 bridgehead atoms. The number of nitrogens with zero attached hydrogens (tertiary/aromatic N) is 1. The van der Waals surface area contributed by atoms with Gasteiger partial charge in [0, 0.05) is 5.39 Å². The summed E-state index contributed by atoms with van der Waals surface area (Å²) in [7, 11) is -3.71. The van der Waals surface area contributed by atoms with E-state index in [4.69, 9.17) is 5.73 Å². The number of nitrogens with two attached hydrogens (primary N) is 1. The summed E-state index contributed by atoms with van der Waals surface area (Å²) < 4.78 is 23.9. The van der Waals surface area contributed by atoms with Crippen LogP contribution in [0.3, 0.4) is 0 Å². The molecule has 1 aromatic heterocycles. The fourth-order valence-electron chi connectivity index (χ4n) is 1.72. The third-order valence-corrected chi connectivity index (χ3v) is 3.05. The first kappa shape index (κ1) is 13.9. The number of carbonyl (C=O) groups excluding carboxylic acids is 2. The lowest BCUT2D eigenvalue weighted by molar-refractivity contribution is 0.0977. The van der Waals surface area contributed by atoms with Crippen molar-refractivity contribution in [1.29, 1.82) is 0 Å². The highest BCUT2D eigenvalue weighted by atomic mass is 32.2. The number of sulfonamides is 1. The van der Waals surface area contributed by atoms with Crippen LogP contribution in [0.5, 0.6) is 0 Å². The molecule has 20 heavy (non-hydrogen) atoms. The Bertz CT molecular complexity index is 815. The van der Waals surface area contributed by atoms with Crippen LogP contribution in [0.4, 0.5) is 0 Å². The molecular weight excluding hydrogens is 282 g/mol. The number of nitrogens with one attached hydrogen (secondary N) is 1. The molecule has 0 fully saturated rings. The lowest BCUT2D eigenvalue weighted by Gasteiger charge is -2.07. The second kappa shape index (κ2) is 4.89. The van der Waals surface area contributed by atoms with Crippen molar-refractivity contribution in [2.75, 3.05) is 6.26 Å². The number of hydrogen-bond donors (Lipinski definition) is 2. The summed E-state index contributed by atoms with van der Waals surface area (Å²) in [5.41, 5.74) is 5.55. The fraction of sp³-hybridized carbons (Fsp3) is 0.0833. The maximum atomic E-state index is 11.8. The zero-order chi connectivity index (χ0) is 14.9. The summed E-state index contributed by atoms with van der Waals surface area (Å²) in [6, 6.07) is 7.79. The largest absolute Gasteiger partial charge is 0.366 e.